The fourth-order valence-electron chi connectivity index (χ4n) is 1.95. The Labute approximate surface area is 121 Å². The van der Waals surface area contributed by atoms with Gasteiger partial charge in [0.25, 0.3) is 5.69 Å². The first-order valence-electron chi connectivity index (χ1n) is 6.07. The number of rotatable bonds is 2. The second kappa shape index (κ2) is 4.83. The third-order valence-corrected chi connectivity index (χ3v) is 3.04. The Hall–Kier alpha value is -2.90. The van der Waals surface area contributed by atoms with Crippen molar-refractivity contribution in [1.29, 1.82) is 0 Å². The van der Waals surface area contributed by atoms with Crippen LogP contribution in [0.15, 0.2) is 46.9 Å². The average Bonchev–Trinajstić information content (AvgIpc) is 2.89. The van der Waals surface area contributed by atoms with E-state index in [0.717, 1.165) is 12.1 Å². The number of benzene rings is 2. The van der Waals surface area contributed by atoms with E-state index in [9.17, 15) is 23.3 Å². The Morgan fingerprint density at radius 1 is 1.09 bits per heavy atom. The first kappa shape index (κ1) is 14.1. The molecule has 8 heteroatoms. The van der Waals surface area contributed by atoms with Gasteiger partial charge in [-0.05, 0) is 30.3 Å². The normalized spacial score (nSPS) is 11.8. The molecule has 0 aliphatic heterocycles. The predicted octanol–water partition coefficient (Wildman–Crippen LogP) is 4.42. The van der Waals surface area contributed by atoms with Gasteiger partial charge in [-0.1, -0.05) is 0 Å². The number of non-ortho nitro benzene ring substituents is 1. The molecule has 0 aliphatic rings. The molecule has 22 heavy (non-hydrogen) atoms. The summed E-state index contributed by atoms with van der Waals surface area (Å²) < 4.78 is 42.9. The Morgan fingerprint density at radius 2 is 1.77 bits per heavy atom. The fourth-order valence-corrected chi connectivity index (χ4v) is 1.95. The summed E-state index contributed by atoms with van der Waals surface area (Å²) >= 11 is 0. The van der Waals surface area contributed by atoms with Crippen LogP contribution >= 0.6 is 0 Å². The molecule has 0 radical (unpaired) electrons. The molecule has 1 heterocycles. The first-order chi connectivity index (χ1) is 10.3. The van der Waals surface area contributed by atoms with Gasteiger partial charge in [-0.15, -0.1) is 0 Å². The average molecular weight is 308 g/mol. The lowest BCUT2D eigenvalue weighted by molar-refractivity contribution is -0.384. The smallest absolute Gasteiger partial charge is 0.416 e. The molecule has 2 aromatic carbocycles. The van der Waals surface area contributed by atoms with Gasteiger partial charge in [0, 0.05) is 17.7 Å². The van der Waals surface area contributed by atoms with E-state index in [1.165, 1.54) is 30.3 Å². The fraction of sp³-hybridized carbons (Fsp3) is 0.0714. The number of halogens is 3. The SMILES string of the molecule is O=[N+]([O-])c1ccc2oc(-c3ccc(C(F)(F)F)cc3)nc2c1. The van der Waals surface area contributed by atoms with Crippen molar-refractivity contribution in [2.75, 3.05) is 0 Å². The number of hydrogen-bond acceptors (Lipinski definition) is 4. The van der Waals surface area contributed by atoms with Crippen molar-refractivity contribution in [1.82, 2.24) is 4.98 Å². The topological polar surface area (TPSA) is 69.2 Å². The summed E-state index contributed by atoms with van der Waals surface area (Å²) in [7, 11) is 0. The number of nitro benzene ring substituents is 1. The summed E-state index contributed by atoms with van der Waals surface area (Å²) in [6, 6.07) is 8.23. The van der Waals surface area contributed by atoms with E-state index < -0.39 is 16.7 Å². The largest absolute Gasteiger partial charge is 0.436 e. The molecule has 3 aromatic rings. The first-order valence-corrected chi connectivity index (χ1v) is 6.07. The van der Waals surface area contributed by atoms with Crippen molar-refractivity contribution in [3.8, 4) is 11.5 Å². The molecule has 0 amide bonds. The number of alkyl halides is 3. The van der Waals surface area contributed by atoms with E-state index in [0.29, 0.717) is 11.1 Å². The quantitative estimate of drug-likeness (QED) is 0.519. The van der Waals surface area contributed by atoms with Gasteiger partial charge in [0.1, 0.15) is 5.52 Å². The number of nitrogens with zero attached hydrogens (tertiary/aromatic N) is 2. The summed E-state index contributed by atoms with van der Waals surface area (Å²) in [6.45, 7) is 0. The summed E-state index contributed by atoms with van der Waals surface area (Å²) in [5.74, 6) is 0.101. The number of hydrogen-bond donors (Lipinski definition) is 0. The molecule has 0 fully saturated rings. The Bertz CT molecular complexity index is 854. The lowest BCUT2D eigenvalue weighted by Gasteiger charge is -2.05. The van der Waals surface area contributed by atoms with Crippen LogP contribution in [-0.4, -0.2) is 9.91 Å². The molecule has 0 N–H and O–H groups in total. The van der Waals surface area contributed by atoms with Crippen LogP contribution in [0.3, 0.4) is 0 Å². The van der Waals surface area contributed by atoms with Gasteiger partial charge in [0.15, 0.2) is 5.58 Å². The molecule has 0 unspecified atom stereocenters. The summed E-state index contributed by atoms with van der Waals surface area (Å²) in [5, 5.41) is 10.7. The molecular formula is C14H7F3N2O3. The Morgan fingerprint density at radius 3 is 2.36 bits per heavy atom. The number of aromatic nitrogens is 1. The van der Waals surface area contributed by atoms with Crippen LogP contribution in [-0.2, 0) is 6.18 Å². The maximum Gasteiger partial charge on any atom is 0.416 e. The maximum atomic E-state index is 12.5. The van der Waals surface area contributed by atoms with Gasteiger partial charge in [0.05, 0.1) is 10.5 Å². The molecule has 5 nitrogen and oxygen atoms in total. The third kappa shape index (κ3) is 2.50. The molecular weight excluding hydrogens is 301 g/mol. The highest BCUT2D eigenvalue weighted by atomic mass is 19.4. The lowest BCUT2D eigenvalue weighted by Crippen LogP contribution is -2.03. The second-order valence-electron chi connectivity index (χ2n) is 4.50. The minimum absolute atomic E-state index is 0.101. The zero-order chi connectivity index (χ0) is 15.9. The molecule has 1 aromatic heterocycles. The summed E-state index contributed by atoms with van der Waals surface area (Å²) in [5.41, 5.74) is 0.0271. The van der Waals surface area contributed by atoms with Crippen LogP contribution in [0, 0.1) is 10.1 Å². The van der Waals surface area contributed by atoms with Crippen LogP contribution in [0.5, 0.6) is 0 Å². The molecule has 3 rings (SSSR count). The minimum Gasteiger partial charge on any atom is -0.436 e. The van der Waals surface area contributed by atoms with E-state index in [-0.39, 0.29) is 17.1 Å². The van der Waals surface area contributed by atoms with Crippen LogP contribution in [0.2, 0.25) is 0 Å². The Kier molecular flexibility index (Phi) is 3.09. The zero-order valence-corrected chi connectivity index (χ0v) is 10.8. The standard InChI is InChI=1S/C14H7F3N2O3/c15-14(16,17)9-3-1-8(2-4-9)13-18-11-7-10(19(20)21)5-6-12(11)22-13/h1-7H. The Balaban J connectivity index is 2.01. The van der Waals surface area contributed by atoms with Crippen molar-refractivity contribution in [3.05, 3.63) is 58.1 Å². The molecule has 0 aliphatic carbocycles. The van der Waals surface area contributed by atoms with Crippen LogP contribution in [0.1, 0.15) is 5.56 Å². The lowest BCUT2D eigenvalue weighted by atomic mass is 10.1. The van der Waals surface area contributed by atoms with E-state index in [1.807, 2.05) is 0 Å². The molecule has 112 valence electrons. The number of nitro groups is 1. The van der Waals surface area contributed by atoms with Crippen molar-refractivity contribution in [2.45, 2.75) is 6.18 Å². The highest BCUT2D eigenvalue weighted by molar-refractivity contribution is 5.78. The van der Waals surface area contributed by atoms with Crippen molar-refractivity contribution in [2.24, 2.45) is 0 Å². The minimum atomic E-state index is -4.42. The monoisotopic (exact) mass is 308 g/mol. The van der Waals surface area contributed by atoms with Gasteiger partial charge in [-0.25, -0.2) is 4.98 Å². The van der Waals surface area contributed by atoms with Gasteiger partial charge < -0.3 is 4.42 Å². The van der Waals surface area contributed by atoms with Gasteiger partial charge in [-0.3, -0.25) is 10.1 Å². The van der Waals surface area contributed by atoms with Crippen LogP contribution < -0.4 is 0 Å². The van der Waals surface area contributed by atoms with E-state index in [4.69, 9.17) is 4.42 Å². The predicted molar refractivity (Wildman–Crippen MR) is 71.1 cm³/mol. The molecule has 0 bridgehead atoms. The van der Waals surface area contributed by atoms with Crippen LogP contribution in [0.4, 0.5) is 18.9 Å². The van der Waals surface area contributed by atoms with Gasteiger partial charge in [-0.2, -0.15) is 13.2 Å². The molecule has 0 spiro atoms. The third-order valence-electron chi connectivity index (χ3n) is 3.04. The molecule has 0 saturated heterocycles. The van der Waals surface area contributed by atoms with Gasteiger partial charge in [0.2, 0.25) is 5.89 Å². The van der Waals surface area contributed by atoms with Crippen molar-refractivity contribution < 1.29 is 22.5 Å². The molecule has 0 saturated carbocycles. The number of fused-ring (bicyclic) bond motifs is 1. The summed E-state index contributed by atoms with van der Waals surface area (Å²) in [4.78, 5) is 14.2. The van der Waals surface area contributed by atoms with E-state index >= 15 is 0 Å². The highest BCUT2D eigenvalue weighted by Gasteiger charge is 2.30. The zero-order valence-electron chi connectivity index (χ0n) is 10.8. The summed E-state index contributed by atoms with van der Waals surface area (Å²) in [6.07, 6.45) is -4.42. The van der Waals surface area contributed by atoms with Crippen molar-refractivity contribution >= 4 is 16.8 Å². The molecule has 0 atom stereocenters. The maximum absolute atomic E-state index is 12.5. The number of oxazole rings is 1. The van der Waals surface area contributed by atoms with Gasteiger partial charge >= 0.3 is 6.18 Å². The highest BCUT2D eigenvalue weighted by Crippen LogP contribution is 2.32. The van der Waals surface area contributed by atoms with E-state index in [1.54, 1.807) is 0 Å². The second-order valence-corrected chi connectivity index (χ2v) is 4.50. The van der Waals surface area contributed by atoms with Crippen molar-refractivity contribution in [3.63, 3.8) is 0 Å². The van der Waals surface area contributed by atoms with Crippen LogP contribution in [0.25, 0.3) is 22.6 Å². The van der Waals surface area contributed by atoms with E-state index in [2.05, 4.69) is 4.98 Å².